The Bertz CT molecular complexity index is 1380. The minimum Gasteiger partial charge on any atom is -0.480 e. The molecule has 9 N–H and O–H groups in total. The first-order valence-corrected chi connectivity index (χ1v) is 31.9. The molecule has 0 aromatic carbocycles. The third kappa shape index (κ3) is 40.5. The maximum absolute atomic E-state index is 14.9. The van der Waals surface area contributed by atoms with Gasteiger partial charge in [-0.2, -0.15) is 11.8 Å². The molecule has 16 heteroatoms. The SMILES string of the molecule is CCCCCCCCCCCCCCCC(=O)N(C(=O)CCCCCCCCCCCCCCC)[C@@](CSCC(O)CO)(C(=O)CCCCCCCCCCCCCCC)C(=O)N[C@@H](CO)C(=O)O.N[C@@H](CO)C(=O)O. The molecule has 0 aliphatic carbocycles. The van der Waals surface area contributed by atoms with E-state index in [0.717, 1.165) is 87.3 Å². The van der Waals surface area contributed by atoms with Gasteiger partial charge in [-0.3, -0.25) is 28.9 Å². The molecular formula is C60H115N3O12S. The fourth-order valence-electron chi connectivity index (χ4n) is 9.39. The fourth-order valence-corrected chi connectivity index (χ4v) is 10.6. The maximum Gasteiger partial charge on any atom is 0.328 e. The average Bonchev–Trinajstić information content (AvgIpc) is 3.40. The number of nitrogens with zero attached hydrogens (tertiary/aromatic N) is 1. The number of Topliss-reactive ketones (excluding diaryl/α,β-unsaturated/α-hetero) is 1. The molecule has 15 nitrogen and oxygen atoms in total. The molecular weight excluding hydrogens is 987 g/mol. The van der Waals surface area contributed by atoms with Crippen LogP contribution in [-0.2, 0) is 28.8 Å². The van der Waals surface area contributed by atoms with Gasteiger partial charge in [0.1, 0.15) is 12.1 Å². The molecule has 0 heterocycles. The fraction of sp³-hybridized carbons (Fsp3) is 0.900. The molecule has 0 aromatic heterocycles. The van der Waals surface area contributed by atoms with Crippen LogP contribution in [0.15, 0.2) is 0 Å². The zero-order valence-electron chi connectivity index (χ0n) is 48.5. The highest BCUT2D eigenvalue weighted by Gasteiger charge is 2.55. The number of nitrogens with one attached hydrogen (secondary N) is 1. The molecule has 76 heavy (non-hydrogen) atoms. The largest absolute Gasteiger partial charge is 0.480 e. The second kappa shape index (κ2) is 54.3. The number of nitrogens with two attached hydrogens (primary N) is 1. The number of hydrogen-bond acceptors (Lipinski definition) is 12. The number of rotatable bonds is 55. The van der Waals surface area contributed by atoms with Crippen molar-refractivity contribution in [3.8, 4) is 0 Å². The quantitative estimate of drug-likeness (QED) is 0.0208. The summed E-state index contributed by atoms with van der Waals surface area (Å²) < 4.78 is 0. The molecule has 0 rings (SSSR count). The second-order valence-corrected chi connectivity index (χ2v) is 22.4. The predicted octanol–water partition coefficient (Wildman–Crippen LogP) is 12.1. The molecule has 448 valence electrons. The maximum atomic E-state index is 14.9. The Labute approximate surface area is 466 Å². The number of aliphatic carboxylic acids is 2. The Balaban J connectivity index is 0. The summed E-state index contributed by atoms with van der Waals surface area (Å²) in [6.07, 6.45) is 41.7. The Morgan fingerprint density at radius 2 is 0.750 bits per heavy atom. The minimum atomic E-state index is -2.42. The topological polar surface area (TPSA) is 265 Å². The number of aliphatic hydroxyl groups excluding tert-OH is 4. The van der Waals surface area contributed by atoms with Crippen molar-refractivity contribution < 1.29 is 59.4 Å². The first kappa shape index (κ1) is 75.4. The lowest BCUT2D eigenvalue weighted by Gasteiger charge is -2.41. The Hall–Kier alpha value is -2.63. The van der Waals surface area contributed by atoms with Gasteiger partial charge in [0.05, 0.1) is 25.9 Å². The lowest BCUT2D eigenvalue weighted by Crippen LogP contribution is -2.70. The molecule has 0 bridgehead atoms. The third-order valence-corrected chi connectivity index (χ3v) is 15.6. The summed E-state index contributed by atoms with van der Waals surface area (Å²) in [4.78, 5) is 81.5. The summed E-state index contributed by atoms with van der Waals surface area (Å²) in [5.74, 6) is -6.28. The van der Waals surface area contributed by atoms with Crippen molar-refractivity contribution in [1.82, 2.24) is 10.2 Å². The van der Waals surface area contributed by atoms with Crippen molar-refractivity contribution in [2.24, 2.45) is 5.73 Å². The van der Waals surface area contributed by atoms with Crippen molar-refractivity contribution in [1.29, 1.82) is 0 Å². The molecule has 0 aliphatic rings. The van der Waals surface area contributed by atoms with Gasteiger partial charge in [-0.25, -0.2) is 4.79 Å². The second-order valence-electron chi connectivity index (χ2n) is 21.4. The van der Waals surface area contributed by atoms with E-state index in [0.29, 0.717) is 25.7 Å². The summed E-state index contributed by atoms with van der Waals surface area (Å²) in [5, 5.41) is 58.1. The lowest BCUT2D eigenvalue weighted by atomic mass is 9.87. The van der Waals surface area contributed by atoms with Crippen LogP contribution in [0.2, 0.25) is 0 Å². The van der Waals surface area contributed by atoms with E-state index >= 15 is 0 Å². The highest BCUT2D eigenvalue weighted by molar-refractivity contribution is 7.99. The van der Waals surface area contributed by atoms with Crippen LogP contribution >= 0.6 is 11.8 Å². The number of imide groups is 1. The van der Waals surface area contributed by atoms with Crippen molar-refractivity contribution in [2.75, 3.05) is 31.3 Å². The highest BCUT2D eigenvalue weighted by Crippen LogP contribution is 2.30. The smallest absolute Gasteiger partial charge is 0.328 e. The predicted molar refractivity (Wildman–Crippen MR) is 310 cm³/mol. The Morgan fingerprint density at radius 3 is 1.00 bits per heavy atom. The zero-order valence-corrected chi connectivity index (χ0v) is 49.3. The van der Waals surface area contributed by atoms with Crippen LogP contribution in [0.5, 0.6) is 0 Å². The van der Waals surface area contributed by atoms with Crippen LogP contribution < -0.4 is 11.1 Å². The van der Waals surface area contributed by atoms with Crippen LogP contribution in [0.25, 0.3) is 0 Å². The van der Waals surface area contributed by atoms with Gasteiger partial charge in [0.2, 0.25) is 11.8 Å². The van der Waals surface area contributed by atoms with Crippen LogP contribution in [0.4, 0.5) is 0 Å². The molecule has 0 fully saturated rings. The number of carbonyl (C=O) groups is 6. The van der Waals surface area contributed by atoms with E-state index in [-0.39, 0.29) is 25.0 Å². The number of hydrogen-bond donors (Lipinski definition) is 8. The zero-order chi connectivity index (χ0) is 56.9. The summed E-state index contributed by atoms with van der Waals surface area (Å²) in [6, 6.07) is -2.90. The van der Waals surface area contributed by atoms with Crippen LogP contribution in [0.3, 0.4) is 0 Å². The van der Waals surface area contributed by atoms with E-state index in [9.17, 15) is 49.2 Å². The van der Waals surface area contributed by atoms with Gasteiger partial charge < -0.3 is 41.7 Å². The molecule has 0 radical (unpaired) electrons. The van der Waals surface area contributed by atoms with Gasteiger partial charge in [-0.1, -0.05) is 252 Å². The number of carboxylic acid groups (broad SMARTS) is 2. The molecule has 0 saturated carbocycles. The Morgan fingerprint density at radius 1 is 0.447 bits per heavy atom. The number of carbonyl (C=O) groups excluding carboxylic acids is 4. The highest BCUT2D eigenvalue weighted by atomic mass is 32.2. The van der Waals surface area contributed by atoms with Gasteiger partial charge >= 0.3 is 11.9 Å². The monoisotopic (exact) mass is 1100 g/mol. The molecule has 4 atom stereocenters. The first-order chi connectivity index (χ1) is 36.7. The third-order valence-electron chi connectivity index (χ3n) is 14.3. The van der Waals surface area contributed by atoms with Crippen LogP contribution in [0, 0.1) is 0 Å². The van der Waals surface area contributed by atoms with Crippen molar-refractivity contribution in [3.63, 3.8) is 0 Å². The first-order valence-electron chi connectivity index (χ1n) is 30.7. The van der Waals surface area contributed by atoms with Crippen LogP contribution in [-0.4, -0.2) is 126 Å². The number of amides is 3. The number of unbranched alkanes of at least 4 members (excludes halogenated alkanes) is 36. The minimum absolute atomic E-state index is 0.0601. The summed E-state index contributed by atoms with van der Waals surface area (Å²) in [5.41, 5.74) is 2.35. The van der Waals surface area contributed by atoms with Crippen molar-refractivity contribution in [3.05, 3.63) is 0 Å². The standard InChI is InChI=1S/C57H108N2O9S.C3H7NO3/c1-4-7-10-13-16-19-22-25-28-31-34-37-40-43-52(63)57(49-69-48-50(62)46-60,56(68)58-51(47-61)55(66)67)59(53(64)44-41-38-35-32-29-26-23-20-17-14-11-8-5-2)54(65)45-42-39-36-33-30-27-24-21-18-15-12-9-6-3;4-2(1-5)3(6)7/h50-51,60-62H,4-49H2,1-3H3,(H,58,68)(H,66,67);2,5H,1,4H2,(H,6,7)/t50?,51-,57-;2-/m00/s1. The summed E-state index contributed by atoms with van der Waals surface area (Å²) in [6.45, 7) is 4.66. The Kier molecular flexibility index (Phi) is 53.9. The molecule has 0 saturated heterocycles. The number of ketones is 1. The molecule has 0 aromatic rings. The molecule has 1 unspecified atom stereocenters. The van der Waals surface area contributed by atoms with E-state index < -0.39 is 84.7 Å². The summed E-state index contributed by atoms with van der Waals surface area (Å²) in [7, 11) is 0. The number of thioether (sulfide) groups is 1. The summed E-state index contributed by atoms with van der Waals surface area (Å²) >= 11 is 0.965. The van der Waals surface area contributed by atoms with Gasteiger partial charge in [-0.05, 0) is 19.3 Å². The van der Waals surface area contributed by atoms with Crippen LogP contribution in [0.1, 0.15) is 290 Å². The molecule has 0 aliphatic heterocycles. The van der Waals surface area contributed by atoms with E-state index in [2.05, 4.69) is 26.1 Å². The average molecular weight is 1100 g/mol. The van der Waals surface area contributed by atoms with Gasteiger partial charge in [0.25, 0.3) is 5.91 Å². The molecule has 0 spiro atoms. The lowest BCUT2D eigenvalue weighted by molar-refractivity contribution is -0.163. The van der Waals surface area contributed by atoms with Crippen molar-refractivity contribution >= 4 is 47.2 Å². The van der Waals surface area contributed by atoms with Crippen molar-refractivity contribution in [2.45, 2.75) is 314 Å². The van der Waals surface area contributed by atoms with E-state index in [4.69, 9.17) is 15.9 Å². The van der Waals surface area contributed by atoms with Gasteiger partial charge in [0, 0.05) is 30.8 Å². The van der Waals surface area contributed by atoms with Gasteiger partial charge in [0.15, 0.2) is 11.3 Å². The van der Waals surface area contributed by atoms with E-state index in [1.807, 2.05) is 0 Å². The molecule has 3 amide bonds. The number of aliphatic hydroxyl groups is 4. The van der Waals surface area contributed by atoms with E-state index in [1.165, 1.54) is 154 Å². The van der Waals surface area contributed by atoms with Gasteiger partial charge in [-0.15, -0.1) is 0 Å². The normalized spacial score (nSPS) is 13.3. The number of carboxylic acids is 2. The van der Waals surface area contributed by atoms with E-state index in [1.54, 1.807) is 0 Å².